The van der Waals surface area contributed by atoms with Crippen molar-refractivity contribution in [3.63, 3.8) is 0 Å². The molecule has 1 heterocycles. The van der Waals surface area contributed by atoms with Crippen molar-refractivity contribution in [1.82, 2.24) is 0 Å². The molecule has 1 aliphatic rings. The minimum atomic E-state index is -2.96. The first-order valence-electron chi connectivity index (χ1n) is 6.36. The van der Waals surface area contributed by atoms with Gasteiger partial charge in [-0.1, -0.05) is 12.5 Å². The van der Waals surface area contributed by atoms with Crippen LogP contribution >= 0.6 is 11.3 Å². The van der Waals surface area contributed by atoms with Gasteiger partial charge in [0.25, 0.3) is 0 Å². The Morgan fingerprint density at radius 1 is 1.50 bits per heavy atom. The molecule has 0 aliphatic heterocycles. The van der Waals surface area contributed by atoms with E-state index in [0.29, 0.717) is 12.8 Å². The van der Waals surface area contributed by atoms with Crippen LogP contribution in [-0.4, -0.2) is 31.1 Å². The molecule has 102 valence electrons. The molecule has 1 aromatic rings. The molecule has 2 rings (SSSR count). The summed E-state index contributed by atoms with van der Waals surface area (Å²) in [6.45, 7) is 0. The van der Waals surface area contributed by atoms with E-state index >= 15 is 0 Å². The lowest BCUT2D eigenvalue weighted by Gasteiger charge is -2.31. The average Bonchev–Trinajstić information content (AvgIpc) is 2.81. The Balaban J connectivity index is 1.96. The third-order valence-corrected chi connectivity index (χ3v) is 6.34. The highest BCUT2D eigenvalue weighted by Crippen LogP contribution is 2.32. The predicted octanol–water partition coefficient (Wildman–Crippen LogP) is 2.25. The highest BCUT2D eigenvalue weighted by molar-refractivity contribution is 7.91. The molecule has 1 aliphatic carbocycles. The number of sulfone groups is 1. The maximum absolute atomic E-state index is 11.6. The van der Waals surface area contributed by atoms with Crippen molar-refractivity contribution in [3.05, 3.63) is 22.4 Å². The van der Waals surface area contributed by atoms with Gasteiger partial charge in [-0.05, 0) is 36.6 Å². The van der Waals surface area contributed by atoms with E-state index in [1.54, 1.807) is 11.3 Å². The van der Waals surface area contributed by atoms with Gasteiger partial charge in [-0.3, -0.25) is 0 Å². The first-order valence-corrected chi connectivity index (χ1v) is 9.19. The van der Waals surface area contributed by atoms with Gasteiger partial charge in [0.05, 0.1) is 11.4 Å². The molecule has 5 heteroatoms. The minimum absolute atomic E-state index is 0.126. The molecular weight excluding hydrogens is 268 g/mol. The summed E-state index contributed by atoms with van der Waals surface area (Å²) in [7, 11) is -2.96. The Morgan fingerprint density at radius 3 is 2.89 bits per heavy atom. The number of aliphatic hydroxyl groups is 1. The monoisotopic (exact) mass is 288 g/mol. The van der Waals surface area contributed by atoms with E-state index in [0.717, 1.165) is 19.3 Å². The second-order valence-corrected chi connectivity index (χ2v) is 8.59. The molecule has 3 atom stereocenters. The minimum Gasteiger partial charge on any atom is -0.392 e. The summed E-state index contributed by atoms with van der Waals surface area (Å²) in [5.74, 6) is 0.126. The number of thiophene rings is 1. The summed E-state index contributed by atoms with van der Waals surface area (Å²) in [6, 6.07) is 4.00. The van der Waals surface area contributed by atoms with Gasteiger partial charge in [-0.15, -0.1) is 11.3 Å². The average molecular weight is 288 g/mol. The molecule has 0 radical (unpaired) electrons. The molecule has 0 amide bonds. The van der Waals surface area contributed by atoms with Crippen molar-refractivity contribution in [2.45, 2.75) is 43.5 Å². The molecule has 1 fully saturated rings. The molecule has 1 aromatic heterocycles. The van der Waals surface area contributed by atoms with Gasteiger partial charge >= 0.3 is 0 Å². The SMILES string of the molecule is CS(=O)(=O)C1CCCC(C(O)Cc2cccs2)C1. The second kappa shape index (κ2) is 5.72. The van der Waals surface area contributed by atoms with E-state index in [-0.39, 0.29) is 11.2 Å². The van der Waals surface area contributed by atoms with Crippen LogP contribution in [0.2, 0.25) is 0 Å². The van der Waals surface area contributed by atoms with Crippen LogP contribution in [0.15, 0.2) is 17.5 Å². The van der Waals surface area contributed by atoms with Crippen LogP contribution in [0.4, 0.5) is 0 Å². The summed E-state index contributed by atoms with van der Waals surface area (Å²) in [6.07, 6.45) is 4.77. The van der Waals surface area contributed by atoms with E-state index in [2.05, 4.69) is 0 Å². The number of rotatable bonds is 4. The molecule has 18 heavy (non-hydrogen) atoms. The van der Waals surface area contributed by atoms with Crippen LogP contribution in [-0.2, 0) is 16.3 Å². The largest absolute Gasteiger partial charge is 0.392 e. The Labute approximate surface area is 113 Å². The van der Waals surface area contributed by atoms with Gasteiger partial charge in [-0.25, -0.2) is 8.42 Å². The van der Waals surface area contributed by atoms with Crippen molar-refractivity contribution >= 4 is 21.2 Å². The lowest BCUT2D eigenvalue weighted by molar-refractivity contribution is 0.0866. The van der Waals surface area contributed by atoms with E-state index < -0.39 is 15.9 Å². The van der Waals surface area contributed by atoms with Gasteiger partial charge in [0.1, 0.15) is 9.84 Å². The van der Waals surface area contributed by atoms with E-state index in [1.165, 1.54) is 11.1 Å². The molecule has 0 spiro atoms. The fourth-order valence-electron chi connectivity index (χ4n) is 2.72. The second-order valence-electron chi connectivity index (χ2n) is 5.23. The molecule has 0 bridgehead atoms. The van der Waals surface area contributed by atoms with Crippen molar-refractivity contribution in [3.8, 4) is 0 Å². The number of hydrogen-bond donors (Lipinski definition) is 1. The maximum atomic E-state index is 11.6. The van der Waals surface area contributed by atoms with Gasteiger partial charge in [0.15, 0.2) is 0 Å². The van der Waals surface area contributed by atoms with Crippen molar-refractivity contribution in [2.75, 3.05) is 6.26 Å². The summed E-state index contributed by atoms with van der Waals surface area (Å²) >= 11 is 1.64. The van der Waals surface area contributed by atoms with Crippen molar-refractivity contribution < 1.29 is 13.5 Å². The molecular formula is C13H20O3S2. The van der Waals surface area contributed by atoms with Crippen LogP contribution in [0.3, 0.4) is 0 Å². The topological polar surface area (TPSA) is 54.4 Å². The standard InChI is InChI=1S/C13H20O3S2/c1-18(15,16)12-6-2-4-10(8-12)13(14)9-11-5-3-7-17-11/h3,5,7,10,12-14H,2,4,6,8-9H2,1H3. The first-order chi connectivity index (χ1) is 8.47. The van der Waals surface area contributed by atoms with E-state index in [9.17, 15) is 13.5 Å². The maximum Gasteiger partial charge on any atom is 0.150 e. The summed E-state index contributed by atoms with van der Waals surface area (Å²) in [5.41, 5.74) is 0. The molecule has 0 saturated heterocycles. The molecule has 0 aromatic carbocycles. The zero-order valence-corrected chi connectivity index (χ0v) is 12.2. The third-order valence-electron chi connectivity index (χ3n) is 3.81. The van der Waals surface area contributed by atoms with E-state index in [1.807, 2.05) is 17.5 Å². The highest BCUT2D eigenvalue weighted by atomic mass is 32.2. The summed E-state index contributed by atoms with van der Waals surface area (Å²) in [4.78, 5) is 1.17. The third kappa shape index (κ3) is 3.56. The van der Waals surface area contributed by atoms with Gasteiger partial charge in [0, 0.05) is 17.6 Å². The fraction of sp³-hybridized carbons (Fsp3) is 0.692. The van der Waals surface area contributed by atoms with Crippen LogP contribution in [0.25, 0.3) is 0 Å². The molecule has 3 unspecified atom stereocenters. The zero-order valence-electron chi connectivity index (χ0n) is 10.6. The molecule has 1 saturated carbocycles. The lowest BCUT2D eigenvalue weighted by atomic mass is 9.83. The smallest absolute Gasteiger partial charge is 0.150 e. The fourth-order valence-corrected chi connectivity index (χ4v) is 4.67. The Morgan fingerprint density at radius 2 is 2.28 bits per heavy atom. The first kappa shape index (κ1) is 14.0. The Hall–Kier alpha value is -0.390. The number of aliphatic hydroxyl groups excluding tert-OH is 1. The Bertz CT molecular complexity index is 464. The van der Waals surface area contributed by atoms with Gasteiger partial charge in [-0.2, -0.15) is 0 Å². The van der Waals surface area contributed by atoms with Crippen LogP contribution in [0, 0.1) is 5.92 Å². The van der Waals surface area contributed by atoms with Gasteiger partial charge in [0.2, 0.25) is 0 Å². The lowest BCUT2D eigenvalue weighted by Crippen LogP contribution is -2.33. The zero-order chi connectivity index (χ0) is 13.2. The molecule has 3 nitrogen and oxygen atoms in total. The molecule has 1 N–H and O–H groups in total. The quantitative estimate of drug-likeness (QED) is 0.924. The van der Waals surface area contributed by atoms with E-state index in [4.69, 9.17) is 0 Å². The normalized spacial score (nSPS) is 27.0. The summed E-state index contributed by atoms with van der Waals surface area (Å²) < 4.78 is 23.2. The number of hydrogen-bond acceptors (Lipinski definition) is 4. The van der Waals surface area contributed by atoms with Gasteiger partial charge < -0.3 is 5.11 Å². The Kier molecular flexibility index (Phi) is 4.45. The van der Waals surface area contributed by atoms with Crippen LogP contribution in [0.1, 0.15) is 30.6 Å². The van der Waals surface area contributed by atoms with Crippen LogP contribution < -0.4 is 0 Å². The van der Waals surface area contributed by atoms with Crippen molar-refractivity contribution in [1.29, 1.82) is 0 Å². The van der Waals surface area contributed by atoms with Crippen molar-refractivity contribution in [2.24, 2.45) is 5.92 Å². The predicted molar refractivity (Wildman–Crippen MR) is 74.6 cm³/mol. The van der Waals surface area contributed by atoms with Crippen LogP contribution in [0.5, 0.6) is 0 Å². The summed E-state index contributed by atoms with van der Waals surface area (Å²) in [5, 5.41) is 12.0. The highest BCUT2D eigenvalue weighted by Gasteiger charge is 2.32.